The standard InChI is InChI=1S/C19H31FN2O2/c1-6-14(7-19(23)24)15-8-17(21)18(9-16(15)20)22(10-12(2)3)11-13(4)5/h8-9,12-14H,6-7,10-11,21H2,1-5H3,(H,23,24). The molecule has 3 N–H and O–H groups in total. The molecule has 1 aromatic rings. The largest absolute Gasteiger partial charge is 0.481 e. The van der Waals surface area contributed by atoms with Gasteiger partial charge in [-0.05, 0) is 41.9 Å². The fourth-order valence-corrected chi connectivity index (χ4v) is 3.02. The van der Waals surface area contributed by atoms with Crippen LogP contribution in [0.25, 0.3) is 0 Å². The van der Waals surface area contributed by atoms with Gasteiger partial charge in [-0.3, -0.25) is 4.79 Å². The van der Waals surface area contributed by atoms with Gasteiger partial charge >= 0.3 is 5.97 Å². The maximum Gasteiger partial charge on any atom is 0.303 e. The monoisotopic (exact) mass is 338 g/mol. The van der Waals surface area contributed by atoms with Crippen molar-refractivity contribution in [3.05, 3.63) is 23.5 Å². The zero-order valence-corrected chi connectivity index (χ0v) is 15.5. The van der Waals surface area contributed by atoms with Crippen LogP contribution in [0.15, 0.2) is 12.1 Å². The molecule has 1 aromatic carbocycles. The first kappa shape index (κ1) is 20.3. The predicted octanol–water partition coefficient (Wildman–Crippen LogP) is 4.49. The number of halogens is 1. The molecule has 5 heteroatoms. The Morgan fingerprint density at radius 2 is 1.75 bits per heavy atom. The number of nitrogen functional groups attached to an aromatic ring is 1. The number of benzene rings is 1. The molecule has 0 aromatic heterocycles. The van der Waals surface area contributed by atoms with Gasteiger partial charge in [0, 0.05) is 13.1 Å². The molecule has 1 rings (SSSR count). The zero-order chi connectivity index (χ0) is 18.4. The summed E-state index contributed by atoms with van der Waals surface area (Å²) in [5.74, 6) is -0.792. The quantitative estimate of drug-likeness (QED) is 0.651. The van der Waals surface area contributed by atoms with Crippen LogP contribution in [0.3, 0.4) is 0 Å². The fourth-order valence-electron chi connectivity index (χ4n) is 3.02. The summed E-state index contributed by atoms with van der Waals surface area (Å²) >= 11 is 0. The molecule has 0 radical (unpaired) electrons. The Labute approximate surface area is 144 Å². The number of hydrogen-bond donors (Lipinski definition) is 2. The SMILES string of the molecule is CCC(CC(=O)O)c1cc(N)c(N(CC(C)C)CC(C)C)cc1F. The minimum absolute atomic E-state index is 0.0894. The Morgan fingerprint density at radius 1 is 1.21 bits per heavy atom. The van der Waals surface area contributed by atoms with E-state index in [-0.39, 0.29) is 18.2 Å². The summed E-state index contributed by atoms with van der Waals surface area (Å²) < 4.78 is 14.7. The van der Waals surface area contributed by atoms with Gasteiger partial charge in [0.25, 0.3) is 0 Å². The van der Waals surface area contributed by atoms with Crippen LogP contribution in [0.5, 0.6) is 0 Å². The Morgan fingerprint density at radius 3 is 2.17 bits per heavy atom. The van der Waals surface area contributed by atoms with Crippen LogP contribution in [-0.2, 0) is 4.79 Å². The molecule has 4 nitrogen and oxygen atoms in total. The maximum absolute atomic E-state index is 14.7. The molecule has 136 valence electrons. The van der Waals surface area contributed by atoms with Gasteiger partial charge in [0.05, 0.1) is 17.8 Å². The number of carboxylic acid groups (broad SMARTS) is 1. The van der Waals surface area contributed by atoms with E-state index in [2.05, 4.69) is 32.6 Å². The van der Waals surface area contributed by atoms with Gasteiger partial charge in [0.15, 0.2) is 0 Å². The highest BCUT2D eigenvalue weighted by Crippen LogP contribution is 2.34. The van der Waals surface area contributed by atoms with Crippen molar-refractivity contribution >= 4 is 17.3 Å². The first-order chi connectivity index (χ1) is 11.1. The Balaban J connectivity index is 3.22. The van der Waals surface area contributed by atoms with Gasteiger partial charge in [-0.2, -0.15) is 0 Å². The first-order valence-electron chi connectivity index (χ1n) is 8.71. The molecule has 0 aliphatic carbocycles. The van der Waals surface area contributed by atoms with Crippen molar-refractivity contribution in [2.75, 3.05) is 23.7 Å². The van der Waals surface area contributed by atoms with Crippen LogP contribution in [0.1, 0.15) is 58.9 Å². The Bertz CT molecular complexity index is 549. The van der Waals surface area contributed by atoms with E-state index in [9.17, 15) is 9.18 Å². The molecule has 0 saturated heterocycles. The Kier molecular flexibility index (Phi) is 7.52. The second-order valence-electron chi connectivity index (χ2n) is 7.33. The first-order valence-corrected chi connectivity index (χ1v) is 8.71. The minimum Gasteiger partial charge on any atom is -0.481 e. The van der Waals surface area contributed by atoms with Gasteiger partial charge in [0.1, 0.15) is 5.82 Å². The second kappa shape index (κ2) is 8.90. The van der Waals surface area contributed by atoms with Crippen LogP contribution in [-0.4, -0.2) is 24.2 Å². The van der Waals surface area contributed by atoms with Crippen LogP contribution in [0.2, 0.25) is 0 Å². The molecule has 0 aliphatic rings. The lowest BCUT2D eigenvalue weighted by molar-refractivity contribution is -0.137. The molecule has 24 heavy (non-hydrogen) atoms. The number of aliphatic carboxylic acids is 1. The summed E-state index contributed by atoms with van der Waals surface area (Å²) in [6, 6.07) is 3.09. The molecular formula is C19H31FN2O2. The summed E-state index contributed by atoms with van der Waals surface area (Å²) in [6.45, 7) is 11.9. The molecule has 0 spiro atoms. The highest BCUT2D eigenvalue weighted by atomic mass is 19.1. The molecular weight excluding hydrogens is 307 g/mol. The van der Waals surface area contributed by atoms with Gasteiger partial charge in [-0.15, -0.1) is 0 Å². The molecule has 0 aliphatic heterocycles. The zero-order valence-electron chi connectivity index (χ0n) is 15.5. The highest BCUT2D eigenvalue weighted by Gasteiger charge is 2.21. The van der Waals surface area contributed by atoms with Gasteiger partial charge in [0.2, 0.25) is 0 Å². The molecule has 0 saturated carbocycles. The van der Waals surface area contributed by atoms with E-state index in [0.29, 0.717) is 35.2 Å². The number of anilines is 2. The number of nitrogens with zero attached hydrogens (tertiary/aromatic N) is 1. The van der Waals surface area contributed by atoms with Crippen molar-refractivity contribution in [2.24, 2.45) is 11.8 Å². The average molecular weight is 338 g/mol. The van der Waals surface area contributed by atoms with Gasteiger partial charge in [-0.1, -0.05) is 34.6 Å². The van der Waals surface area contributed by atoms with E-state index >= 15 is 0 Å². The molecule has 1 unspecified atom stereocenters. The van der Waals surface area contributed by atoms with Gasteiger partial charge < -0.3 is 15.7 Å². The van der Waals surface area contributed by atoms with Crippen molar-refractivity contribution in [2.45, 2.75) is 53.4 Å². The molecule has 0 fully saturated rings. The lowest BCUT2D eigenvalue weighted by Gasteiger charge is -2.30. The van der Waals surface area contributed by atoms with Crippen molar-refractivity contribution in [1.29, 1.82) is 0 Å². The summed E-state index contributed by atoms with van der Waals surface area (Å²) in [5.41, 5.74) is 7.82. The second-order valence-corrected chi connectivity index (χ2v) is 7.33. The van der Waals surface area contributed by atoms with Crippen molar-refractivity contribution in [3.63, 3.8) is 0 Å². The van der Waals surface area contributed by atoms with E-state index in [1.165, 1.54) is 6.07 Å². The topological polar surface area (TPSA) is 66.6 Å². The van der Waals surface area contributed by atoms with Crippen LogP contribution in [0, 0.1) is 17.7 Å². The Hall–Kier alpha value is -1.78. The number of carbonyl (C=O) groups is 1. The third-order valence-electron chi connectivity index (χ3n) is 4.01. The number of hydrogen-bond acceptors (Lipinski definition) is 3. The molecule has 0 heterocycles. The third-order valence-corrected chi connectivity index (χ3v) is 4.01. The normalized spacial score (nSPS) is 12.7. The van der Waals surface area contributed by atoms with Crippen molar-refractivity contribution in [3.8, 4) is 0 Å². The highest BCUT2D eigenvalue weighted by molar-refractivity contribution is 5.71. The lowest BCUT2D eigenvalue weighted by atomic mass is 9.92. The van der Waals surface area contributed by atoms with Crippen LogP contribution < -0.4 is 10.6 Å². The summed E-state index contributed by atoms with van der Waals surface area (Å²) in [5, 5.41) is 9.02. The fraction of sp³-hybridized carbons (Fsp3) is 0.632. The molecule has 0 amide bonds. The molecule has 0 bridgehead atoms. The van der Waals surface area contributed by atoms with Crippen LogP contribution >= 0.6 is 0 Å². The third kappa shape index (κ3) is 5.69. The van der Waals surface area contributed by atoms with Gasteiger partial charge in [-0.25, -0.2) is 4.39 Å². The number of rotatable bonds is 9. The van der Waals surface area contributed by atoms with E-state index in [1.807, 2.05) is 6.92 Å². The average Bonchev–Trinajstić information content (AvgIpc) is 2.45. The minimum atomic E-state index is -0.926. The maximum atomic E-state index is 14.7. The van der Waals surface area contributed by atoms with E-state index in [0.717, 1.165) is 13.1 Å². The summed E-state index contributed by atoms with van der Waals surface area (Å²) in [6.07, 6.45) is 0.470. The number of nitrogens with two attached hydrogens (primary N) is 1. The van der Waals surface area contributed by atoms with E-state index in [4.69, 9.17) is 10.8 Å². The smallest absolute Gasteiger partial charge is 0.303 e. The van der Waals surface area contributed by atoms with Crippen molar-refractivity contribution < 1.29 is 14.3 Å². The van der Waals surface area contributed by atoms with E-state index < -0.39 is 5.97 Å². The lowest BCUT2D eigenvalue weighted by Crippen LogP contribution is -2.32. The van der Waals surface area contributed by atoms with Crippen LogP contribution in [0.4, 0.5) is 15.8 Å². The summed E-state index contributed by atoms with van der Waals surface area (Å²) in [4.78, 5) is 13.1. The van der Waals surface area contributed by atoms with E-state index in [1.54, 1.807) is 6.07 Å². The van der Waals surface area contributed by atoms with Crippen molar-refractivity contribution in [1.82, 2.24) is 0 Å². The molecule has 1 atom stereocenters. The summed E-state index contributed by atoms with van der Waals surface area (Å²) in [7, 11) is 0. The predicted molar refractivity (Wildman–Crippen MR) is 98.0 cm³/mol. The number of carboxylic acids is 1.